The zero-order chi connectivity index (χ0) is 17.2. The fourth-order valence-corrected chi connectivity index (χ4v) is 3.76. The Kier molecular flexibility index (Phi) is 4.12. The monoisotopic (exact) mass is 347 g/mol. The van der Waals surface area contributed by atoms with Crippen LogP contribution in [-0.4, -0.2) is 19.2 Å². The van der Waals surface area contributed by atoms with E-state index in [-0.39, 0.29) is 0 Å². The molecule has 0 atom stereocenters. The SMILES string of the molecule is COc1ccc(/C=C\c2nc3c(ccc4ccccc43)s2)cc1OC. The summed E-state index contributed by atoms with van der Waals surface area (Å²) in [5.41, 5.74) is 2.11. The van der Waals surface area contributed by atoms with Gasteiger partial charge in [-0.2, -0.15) is 0 Å². The normalized spacial score (nSPS) is 11.4. The molecule has 0 fully saturated rings. The van der Waals surface area contributed by atoms with Crippen LogP contribution < -0.4 is 9.47 Å². The fraction of sp³-hybridized carbons (Fsp3) is 0.0952. The molecule has 0 saturated heterocycles. The number of hydrogen-bond donors (Lipinski definition) is 0. The van der Waals surface area contributed by atoms with Crippen molar-refractivity contribution in [2.75, 3.05) is 14.2 Å². The van der Waals surface area contributed by atoms with Gasteiger partial charge >= 0.3 is 0 Å². The van der Waals surface area contributed by atoms with Crippen LogP contribution in [0.1, 0.15) is 10.6 Å². The van der Waals surface area contributed by atoms with E-state index in [1.54, 1.807) is 25.6 Å². The van der Waals surface area contributed by atoms with Crippen molar-refractivity contribution in [1.82, 2.24) is 4.98 Å². The van der Waals surface area contributed by atoms with Gasteiger partial charge in [-0.05, 0) is 35.2 Å². The van der Waals surface area contributed by atoms with Crippen molar-refractivity contribution in [1.29, 1.82) is 0 Å². The summed E-state index contributed by atoms with van der Waals surface area (Å²) < 4.78 is 11.8. The average Bonchev–Trinajstić information content (AvgIpc) is 3.09. The van der Waals surface area contributed by atoms with Gasteiger partial charge in [-0.15, -0.1) is 11.3 Å². The lowest BCUT2D eigenvalue weighted by Gasteiger charge is -2.07. The first-order valence-electron chi connectivity index (χ1n) is 7.97. The largest absolute Gasteiger partial charge is 0.493 e. The molecule has 1 aromatic heterocycles. The zero-order valence-electron chi connectivity index (χ0n) is 14.0. The summed E-state index contributed by atoms with van der Waals surface area (Å²) in [5, 5.41) is 3.40. The number of nitrogens with zero attached hydrogens (tertiary/aromatic N) is 1. The van der Waals surface area contributed by atoms with E-state index in [1.165, 1.54) is 15.5 Å². The smallest absolute Gasteiger partial charge is 0.161 e. The van der Waals surface area contributed by atoms with Crippen LogP contribution in [-0.2, 0) is 0 Å². The van der Waals surface area contributed by atoms with Crippen LogP contribution in [0.4, 0.5) is 0 Å². The first-order chi connectivity index (χ1) is 12.3. The molecular weight excluding hydrogens is 330 g/mol. The Morgan fingerprint density at radius 1 is 0.880 bits per heavy atom. The van der Waals surface area contributed by atoms with Gasteiger partial charge in [0.2, 0.25) is 0 Å². The minimum atomic E-state index is 0.722. The van der Waals surface area contributed by atoms with Gasteiger partial charge in [-0.1, -0.05) is 42.5 Å². The molecule has 0 aliphatic rings. The molecule has 0 saturated carbocycles. The van der Waals surface area contributed by atoms with Gasteiger partial charge in [-0.3, -0.25) is 0 Å². The molecule has 4 aromatic rings. The van der Waals surface area contributed by atoms with Crippen LogP contribution >= 0.6 is 11.3 Å². The Balaban J connectivity index is 1.71. The van der Waals surface area contributed by atoms with Crippen molar-refractivity contribution < 1.29 is 9.47 Å². The maximum Gasteiger partial charge on any atom is 0.161 e. The van der Waals surface area contributed by atoms with Gasteiger partial charge in [-0.25, -0.2) is 4.98 Å². The Labute approximate surface area is 150 Å². The van der Waals surface area contributed by atoms with Crippen molar-refractivity contribution >= 4 is 44.5 Å². The highest BCUT2D eigenvalue weighted by Gasteiger charge is 2.06. The van der Waals surface area contributed by atoms with E-state index in [0.29, 0.717) is 0 Å². The summed E-state index contributed by atoms with van der Waals surface area (Å²) in [6, 6.07) is 18.5. The molecule has 0 bridgehead atoms. The molecule has 4 heteroatoms. The minimum Gasteiger partial charge on any atom is -0.493 e. The molecule has 0 unspecified atom stereocenters. The summed E-state index contributed by atoms with van der Waals surface area (Å²) in [6.45, 7) is 0. The Morgan fingerprint density at radius 3 is 2.56 bits per heavy atom. The lowest BCUT2D eigenvalue weighted by molar-refractivity contribution is 0.355. The molecule has 0 amide bonds. The van der Waals surface area contributed by atoms with E-state index in [0.717, 1.165) is 27.6 Å². The third-order valence-electron chi connectivity index (χ3n) is 4.13. The molecule has 0 spiro atoms. The predicted octanol–water partition coefficient (Wildman–Crippen LogP) is 5.64. The minimum absolute atomic E-state index is 0.722. The van der Waals surface area contributed by atoms with Crippen molar-refractivity contribution in [3.8, 4) is 11.5 Å². The van der Waals surface area contributed by atoms with Gasteiger partial charge in [0.05, 0.1) is 24.4 Å². The van der Waals surface area contributed by atoms with Crippen LogP contribution in [0.15, 0.2) is 54.6 Å². The summed E-state index contributed by atoms with van der Waals surface area (Å²) in [5.74, 6) is 1.45. The predicted molar refractivity (Wildman–Crippen MR) is 106 cm³/mol. The van der Waals surface area contributed by atoms with Crippen LogP contribution in [0.2, 0.25) is 0 Å². The molecule has 0 aliphatic carbocycles. The van der Waals surface area contributed by atoms with Crippen molar-refractivity contribution in [3.05, 3.63) is 65.2 Å². The highest BCUT2D eigenvalue weighted by Crippen LogP contribution is 2.31. The van der Waals surface area contributed by atoms with Gasteiger partial charge < -0.3 is 9.47 Å². The zero-order valence-corrected chi connectivity index (χ0v) is 14.8. The van der Waals surface area contributed by atoms with E-state index in [4.69, 9.17) is 14.5 Å². The summed E-state index contributed by atoms with van der Waals surface area (Å²) >= 11 is 1.70. The highest BCUT2D eigenvalue weighted by atomic mass is 32.1. The molecule has 25 heavy (non-hydrogen) atoms. The lowest BCUT2D eigenvalue weighted by atomic mass is 10.1. The second kappa shape index (κ2) is 6.57. The second-order valence-corrected chi connectivity index (χ2v) is 6.70. The highest BCUT2D eigenvalue weighted by molar-refractivity contribution is 7.19. The maximum absolute atomic E-state index is 5.35. The molecule has 3 aromatic carbocycles. The molecular formula is C21H17NO2S. The lowest BCUT2D eigenvalue weighted by Crippen LogP contribution is -1.90. The summed E-state index contributed by atoms with van der Waals surface area (Å²) in [4.78, 5) is 4.81. The van der Waals surface area contributed by atoms with Crippen LogP contribution in [0, 0.1) is 0 Å². The van der Waals surface area contributed by atoms with E-state index >= 15 is 0 Å². The first kappa shape index (κ1) is 15.7. The van der Waals surface area contributed by atoms with Gasteiger partial charge in [0, 0.05) is 5.39 Å². The molecule has 4 rings (SSSR count). The quantitative estimate of drug-likeness (QED) is 0.479. The number of methoxy groups -OCH3 is 2. The number of benzene rings is 3. The molecule has 0 aliphatic heterocycles. The molecule has 124 valence electrons. The third-order valence-corrected chi connectivity index (χ3v) is 5.11. The van der Waals surface area contributed by atoms with Gasteiger partial charge in [0.1, 0.15) is 5.01 Å². The fourth-order valence-electron chi connectivity index (χ4n) is 2.87. The van der Waals surface area contributed by atoms with E-state index in [2.05, 4.69) is 36.4 Å². The molecule has 3 nitrogen and oxygen atoms in total. The summed E-state index contributed by atoms with van der Waals surface area (Å²) in [7, 11) is 3.28. The number of ether oxygens (including phenoxy) is 2. The van der Waals surface area contributed by atoms with Crippen molar-refractivity contribution in [2.45, 2.75) is 0 Å². The number of thiazole rings is 1. The second-order valence-electron chi connectivity index (χ2n) is 5.63. The first-order valence-corrected chi connectivity index (χ1v) is 8.78. The third kappa shape index (κ3) is 2.96. The molecule has 1 heterocycles. The number of hydrogen-bond acceptors (Lipinski definition) is 4. The van der Waals surface area contributed by atoms with E-state index in [9.17, 15) is 0 Å². The standard InChI is InChI=1S/C21H17NO2S/c1-23-17-10-7-14(13-18(17)24-2)8-12-20-22-21-16-6-4-3-5-15(16)9-11-19(21)25-20/h3-13H,1-2H3/b12-8-. The molecule has 0 N–H and O–H groups in total. The number of aromatic nitrogens is 1. The Morgan fingerprint density at radius 2 is 1.72 bits per heavy atom. The van der Waals surface area contributed by atoms with Crippen LogP contribution in [0.25, 0.3) is 33.1 Å². The van der Waals surface area contributed by atoms with Gasteiger partial charge in [0.15, 0.2) is 11.5 Å². The number of rotatable bonds is 4. The maximum atomic E-state index is 5.35. The van der Waals surface area contributed by atoms with Crippen molar-refractivity contribution in [2.24, 2.45) is 0 Å². The number of fused-ring (bicyclic) bond motifs is 3. The van der Waals surface area contributed by atoms with Gasteiger partial charge in [0.25, 0.3) is 0 Å². The molecule has 0 radical (unpaired) electrons. The van der Waals surface area contributed by atoms with E-state index < -0.39 is 0 Å². The Bertz CT molecular complexity index is 1080. The topological polar surface area (TPSA) is 31.4 Å². The van der Waals surface area contributed by atoms with Crippen LogP contribution in [0.3, 0.4) is 0 Å². The van der Waals surface area contributed by atoms with E-state index in [1.807, 2.05) is 30.4 Å². The summed E-state index contributed by atoms with van der Waals surface area (Å²) in [6.07, 6.45) is 4.09. The average molecular weight is 347 g/mol. The Hall–Kier alpha value is -2.85. The van der Waals surface area contributed by atoms with Crippen molar-refractivity contribution in [3.63, 3.8) is 0 Å². The van der Waals surface area contributed by atoms with Crippen LogP contribution in [0.5, 0.6) is 11.5 Å².